The number of carbonyl (C=O) groups is 1. The summed E-state index contributed by atoms with van der Waals surface area (Å²) in [5, 5.41) is 2.47. The second-order valence-electron chi connectivity index (χ2n) is 10.9. The Kier molecular flexibility index (Phi) is 7.22. The largest absolute Gasteiger partial charge is 0.417 e. The van der Waals surface area contributed by atoms with Gasteiger partial charge in [-0.1, -0.05) is 31.0 Å². The molecule has 2 heterocycles. The molecule has 9 nitrogen and oxygen atoms in total. The third-order valence-electron chi connectivity index (χ3n) is 8.10. The number of morpholine rings is 1. The average molecular weight is 563 g/mol. The number of nitrogens with zero attached hydrogens (tertiary/aromatic N) is 3. The van der Waals surface area contributed by atoms with Crippen molar-refractivity contribution in [3.63, 3.8) is 0 Å². The van der Waals surface area contributed by atoms with Gasteiger partial charge < -0.3 is 14.4 Å². The number of carbonyl (C=O) groups excluding carboxylic acids is 1. The number of anilines is 2. The fourth-order valence-electron chi connectivity index (χ4n) is 5.78. The normalized spacial score (nSPS) is 20.7. The van der Waals surface area contributed by atoms with Crippen molar-refractivity contribution in [2.24, 2.45) is 0 Å². The first-order valence-corrected chi connectivity index (χ1v) is 15.5. The van der Waals surface area contributed by atoms with Crippen LogP contribution in [-0.4, -0.2) is 55.5 Å². The van der Waals surface area contributed by atoms with E-state index in [9.17, 15) is 13.2 Å². The van der Waals surface area contributed by atoms with Crippen LogP contribution in [0.2, 0.25) is 0 Å². The van der Waals surface area contributed by atoms with Gasteiger partial charge in [-0.15, -0.1) is 0 Å². The summed E-state index contributed by atoms with van der Waals surface area (Å²) in [6.45, 7) is 3.93. The number of para-hydroxylation sites is 1. The Morgan fingerprint density at radius 3 is 2.45 bits per heavy atom. The van der Waals surface area contributed by atoms with Crippen LogP contribution in [0.3, 0.4) is 0 Å². The van der Waals surface area contributed by atoms with Crippen LogP contribution in [0.4, 0.5) is 16.3 Å². The topological polar surface area (TPSA) is 111 Å². The molecule has 1 N–H and O–H groups in total. The van der Waals surface area contributed by atoms with Gasteiger partial charge in [0.1, 0.15) is 16.3 Å². The minimum Gasteiger partial charge on any atom is -0.410 e. The molecule has 2 aliphatic carbocycles. The highest BCUT2D eigenvalue weighted by atomic mass is 32.2. The van der Waals surface area contributed by atoms with E-state index < -0.39 is 20.7 Å². The van der Waals surface area contributed by atoms with Gasteiger partial charge >= 0.3 is 6.09 Å². The number of rotatable bonds is 7. The molecule has 1 aliphatic heterocycles. The number of sulfone groups is 1. The van der Waals surface area contributed by atoms with Crippen molar-refractivity contribution in [1.29, 1.82) is 0 Å². The fraction of sp³-hybridized carbons (Fsp3) is 0.433. The molecule has 1 saturated heterocycles. The zero-order chi connectivity index (χ0) is 27.7. The zero-order valence-corrected chi connectivity index (χ0v) is 23.4. The lowest BCUT2D eigenvalue weighted by atomic mass is 10.0. The van der Waals surface area contributed by atoms with Crippen molar-refractivity contribution >= 4 is 27.4 Å². The van der Waals surface area contributed by atoms with E-state index in [1.54, 1.807) is 36.4 Å². The summed E-state index contributed by atoms with van der Waals surface area (Å²) >= 11 is 0. The predicted octanol–water partition coefficient (Wildman–Crippen LogP) is 5.33. The van der Waals surface area contributed by atoms with Gasteiger partial charge in [0, 0.05) is 23.9 Å². The van der Waals surface area contributed by atoms with Gasteiger partial charge in [-0.3, -0.25) is 5.32 Å². The molecule has 1 aromatic heterocycles. The van der Waals surface area contributed by atoms with Crippen LogP contribution in [0.25, 0.3) is 11.4 Å². The maximum atomic E-state index is 13.8. The van der Waals surface area contributed by atoms with E-state index in [2.05, 4.69) is 17.1 Å². The van der Waals surface area contributed by atoms with Crippen molar-refractivity contribution in [2.75, 3.05) is 30.0 Å². The van der Waals surface area contributed by atoms with E-state index in [0.717, 1.165) is 37.1 Å². The molecule has 0 spiro atoms. The molecule has 6 rings (SSSR count). The van der Waals surface area contributed by atoms with Crippen LogP contribution in [0.15, 0.2) is 60.7 Å². The van der Waals surface area contributed by atoms with E-state index in [1.807, 2.05) is 24.3 Å². The first-order chi connectivity index (χ1) is 19.4. The van der Waals surface area contributed by atoms with E-state index in [0.29, 0.717) is 55.6 Å². The van der Waals surface area contributed by atoms with Gasteiger partial charge in [-0.05, 0) is 69.0 Å². The number of benzene rings is 2. The maximum Gasteiger partial charge on any atom is 0.417 e. The highest BCUT2D eigenvalue weighted by Crippen LogP contribution is 2.51. The van der Waals surface area contributed by atoms with Crippen LogP contribution in [0.5, 0.6) is 5.75 Å². The monoisotopic (exact) mass is 562 g/mol. The van der Waals surface area contributed by atoms with Crippen molar-refractivity contribution in [3.8, 4) is 17.1 Å². The molecule has 0 bridgehead atoms. The number of aromatic nitrogens is 2. The molecular weight excluding hydrogens is 528 g/mol. The molecule has 3 aromatic rings. The maximum absolute atomic E-state index is 13.8. The number of ether oxygens (including phenoxy) is 2. The number of hydrogen-bond donors (Lipinski definition) is 1. The molecule has 210 valence electrons. The van der Waals surface area contributed by atoms with Gasteiger partial charge in [0.05, 0.1) is 30.2 Å². The Bertz CT molecular complexity index is 1470. The van der Waals surface area contributed by atoms with E-state index in [-0.39, 0.29) is 11.3 Å². The minimum atomic E-state index is -3.38. The quantitative estimate of drug-likeness (QED) is 0.412. The van der Waals surface area contributed by atoms with Crippen LogP contribution in [0.1, 0.15) is 51.1 Å². The van der Waals surface area contributed by atoms with Gasteiger partial charge in [0.15, 0.2) is 15.7 Å². The van der Waals surface area contributed by atoms with Crippen LogP contribution >= 0.6 is 0 Å². The number of nitrogens with one attached hydrogen (secondary N) is 1. The number of amides is 1. The summed E-state index contributed by atoms with van der Waals surface area (Å²) in [5.41, 5.74) is 1.90. The first-order valence-electron chi connectivity index (χ1n) is 14.0. The van der Waals surface area contributed by atoms with Gasteiger partial charge in [-0.2, -0.15) is 0 Å². The van der Waals surface area contributed by atoms with Crippen molar-refractivity contribution in [2.45, 2.75) is 61.5 Å². The molecular formula is C30H34N4O5S. The molecule has 1 amide bonds. The standard InChI is InChI=1S/C30H34N4O5S/c1-21-20-38-18-17-34(21)27-19-26(30(15-5-6-16-30)40(36,37)25-13-14-25)32-28(33-27)22-9-11-23(12-10-22)31-29(35)39-24-7-3-2-4-8-24/h2-4,7-12,19,21,25H,5-6,13-18,20H2,1H3,(H,31,35). The lowest BCUT2D eigenvalue weighted by Gasteiger charge is -2.36. The molecule has 3 fully saturated rings. The van der Waals surface area contributed by atoms with E-state index in [1.165, 1.54) is 0 Å². The first kappa shape index (κ1) is 26.7. The highest BCUT2D eigenvalue weighted by Gasteiger charge is 2.55. The summed E-state index contributed by atoms with van der Waals surface area (Å²) in [6.07, 6.45) is 3.79. The lowest BCUT2D eigenvalue weighted by molar-refractivity contribution is 0.0985. The summed E-state index contributed by atoms with van der Waals surface area (Å²) in [6, 6.07) is 18.1. The van der Waals surface area contributed by atoms with Crippen LogP contribution in [-0.2, 0) is 19.3 Å². The molecule has 3 aliphatic rings. The van der Waals surface area contributed by atoms with E-state index in [4.69, 9.17) is 19.4 Å². The Hall–Kier alpha value is -3.50. The van der Waals surface area contributed by atoms with Crippen LogP contribution in [0, 0.1) is 0 Å². The van der Waals surface area contributed by atoms with Crippen molar-refractivity contribution < 1.29 is 22.7 Å². The van der Waals surface area contributed by atoms with Crippen molar-refractivity contribution in [1.82, 2.24) is 9.97 Å². The smallest absolute Gasteiger partial charge is 0.410 e. The summed E-state index contributed by atoms with van der Waals surface area (Å²) in [7, 11) is -3.38. The molecule has 40 heavy (non-hydrogen) atoms. The van der Waals surface area contributed by atoms with Gasteiger partial charge in [0.2, 0.25) is 0 Å². The summed E-state index contributed by atoms with van der Waals surface area (Å²) in [5.74, 6) is 1.65. The molecule has 10 heteroatoms. The zero-order valence-electron chi connectivity index (χ0n) is 22.6. The molecule has 0 radical (unpaired) electrons. The van der Waals surface area contributed by atoms with E-state index >= 15 is 0 Å². The second kappa shape index (κ2) is 10.8. The third-order valence-corrected chi connectivity index (χ3v) is 11.2. The number of hydrogen-bond acceptors (Lipinski definition) is 8. The lowest BCUT2D eigenvalue weighted by Crippen LogP contribution is -2.44. The minimum absolute atomic E-state index is 0.103. The SMILES string of the molecule is CC1COCCN1c1cc(C2(S(=O)(=O)C3CC3)CCCC2)nc(-c2ccc(NC(=O)Oc3ccccc3)cc2)n1. The van der Waals surface area contributed by atoms with Crippen molar-refractivity contribution in [3.05, 3.63) is 66.4 Å². The predicted molar refractivity (Wildman–Crippen MR) is 153 cm³/mol. The molecule has 2 saturated carbocycles. The van der Waals surface area contributed by atoms with Gasteiger partial charge in [0.25, 0.3) is 0 Å². The molecule has 1 atom stereocenters. The average Bonchev–Trinajstić information content (AvgIpc) is 3.71. The Balaban J connectivity index is 1.34. The van der Waals surface area contributed by atoms with Gasteiger partial charge in [-0.25, -0.2) is 23.2 Å². The summed E-state index contributed by atoms with van der Waals surface area (Å²) < 4.78 is 37.7. The Morgan fingerprint density at radius 2 is 1.77 bits per heavy atom. The Labute approximate surface area is 234 Å². The molecule has 1 unspecified atom stereocenters. The third kappa shape index (κ3) is 5.17. The van der Waals surface area contributed by atoms with Crippen LogP contribution < -0.4 is 15.0 Å². The highest BCUT2D eigenvalue weighted by molar-refractivity contribution is 7.93. The fourth-order valence-corrected chi connectivity index (χ4v) is 8.43. The summed E-state index contributed by atoms with van der Waals surface area (Å²) in [4.78, 5) is 24.4. The second-order valence-corrected chi connectivity index (χ2v) is 13.4. The Morgan fingerprint density at radius 1 is 1.05 bits per heavy atom. The molecule has 2 aromatic carbocycles.